The first-order valence-electron chi connectivity index (χ1n) is 4.51. The van der Waals surface area contributed by atoms with Gasteiger partial charge in [-0.1, -0.05) is 0 Å². The Labute approximate surface area is 99.9 Å². The molecule has 0 aromatic heterocycles. The summed E-state index contributed by atoms with van der Waals surface area (Å²) in [6.07, 6.45) is -17.2. The average Bonchev–Trinajstić information content (AvgIpc) is 2.12. The minimum atomic E-state index is -5.46. The van der Waals surface area contributed by atoms with Crippen LogP contribution in [0.4, 0.5) is 39.5 Å². The molecule has 0 N–H and O–H groups in total. The second-order valence-corrected chi connectivity index (χ2v) is 3.81. The van der Waals surface area contributed by atoms with E-state index in [0.29, 0.717) is 0 Å². The van der Waals surface area contributed by atoms with Gasteiger partial charge in [-0.2, -0.15) is 39.5 Å². The van der Waals surface area contributed by atoms with Crippen molar-refractivity contribution in [1.29, 1.82) is 0 Å². The molecule has 10 heteroatoms. The first-order chi connectivity index (χ1) is 8.17. The molecule has 0 saturated heterocycles. The van der Waals surface area contributed by atoms with Gasteiger partial charge in [0.15, 0.2) is 0 Å². The molecule has 0 fully saturated rings. The molecule has 110 valence electrons. The largest absolute Gasteiger partial charge is 0.469 e. The quantitative estimate of drug-likeness (QED) is 0.607. The third-order valence-corrected chi connectivity index (χ3v) is 2.21. The zero-order valence-corrected chi connectivity index (χ0v) is 8.96. The maximum absolute atomic E-state index is 12.5. The monoisotopic (exact) mass is 300 g/mol. The Kier molecular flexibility index (Phi) is 3.37. The van der Waals surface area contributed by atoms with E-state index in [-0.39, 0.29) is 6.92 Å². The Morgan fingerprint density at radius 2 is 1.37 bits per heavy atom. The third-order valence-electron chi connectivity index (χ3n) is 2.21. The van der Waals surface area contributed by atoms with E-state index in [1.54, 1.807) is 0 Å². The highest BCUT2D eigenvalue weighted by atomic mass is 19.4. The fourth-order valence-electron chi connectivity index (χ4n) is 1.21. The molecule has 0 radical (unpaired) electrons. The van der Waals surface area contributed by atoms with Gasteiger partial charge >= 0.3 is 18.5 Å². The van der Waals surface area contributed by atoms with Gasteiger partial charge in [-0.15, -0.1) is 0 Å². The van der Waals surface area contributed by atoms with Crippen LogP contribution in [0.1, 0.15) is 6.92 Å². The minimum Gasteiger partial charge on any atom is -0.469 e. The molecular weight excluding hydrogens is 295 g/mol. The van der Waals surface area contributed by atoms with Gasteiger partial charge in [0.2, 0.25) is 11.4 Å². The summed E-state index contributed by atoms with van der Waals surface area (Å²) in [4.78, 5) is 0. The predicted molar refractivity (Wildman–Crippen MR) is 43.8 cm³/mol. The number of alkyl halides is 9. The van der Waals surface area contributed by atoms with Crippen LogP contribution in [0.2, 0.25) is 0 Å². The van der Waals surface area contributed by atoms with Crippen molar-refractivity contribution < 1.29 is 44.3 Å². The molecule has 1 nitrogen and oxygen atoms in total. The Balaban J connectivity index is 3.39. The van der Waals surface area contributed by atoms with Crippen LogP contribution in [0.25, 0.3) is 0 Å². The van der Waals surface area contributed by atoms with E-state index in [1.807, 2.05) is 0 Å². The van der Waals surface area contributed by atoms with Gasteiger partial charge in [0.25, 0.3) is 0 Å². The predicted octanol–water partition coefficient (Wildman–Crippen LogP) is 4.27. The molecule has 1 atom stereocenters. The Morgan fingerprint density at radius 3 is 1.68 bits per heavy atom. The molecule has 0 saturated carbocycles. The van der Waals surface area contributed by atoms with Gasteiger partial charge in [0, 0.05) is 0 Å². The maximum atomic E-state index is 12.5. The van der Waals surface area contributed by atoms with Crippen molar-refractivity contribution in [1.82, 2.24) is 0 Å². The van der Waals surface area contributed by atoms with Crippen molar-refractivity contribution in [3.05, 3.63) is 23.5 Å². The number of rotatable bonds is 0. The van der Waals surface area contributed by atoms with E-state index in [0.717, 1.165) is 0 Å². The van der Waals surface area contributed by atoms with Gasteiger partial charge in [-0.05, 0) is 19.1 Å². The number of halogens is 9. The maximum Gasteiger partial charge on any atom is 0.448 e. The smallest absolute Gasteiger partial charge is 0.448 e. The van der Waals surface area contributed by atoms with Gasteiger partial charge in [0.05, 0.1) is 5.57 Å². The Hall–Kier alpha value is -1.35. The number of hydrogen-bond donors (Lipinski definition) is 0. The van der Waals surface area contributed by atoms with E-state index in [1.165, 1.54) is 0 Å². The first-order valence-corrected chi connectivity index (χ1v) is 4.51. The van der Waals surface area contributed by atoms with Crippen LogP contribution in [-0.2, 0) is 4.74 Å². The summed E-state index contributed by atoms with van der Waals surface area (Å²) in [7, 11) is 0. The fourth-order valence-corrected chi connectivity index (χ4v) is 1.21. The molecule has 1 rings (SSSR count). The van der Waals surface area contributed by atoms with Crippen LogP contribution in [0.3, 0.4) is 0 Å². The lowest BCUT2D eigenvalue weighted by atomic mass is 9.98. The Bertz CT molecular complexity index is 422. The van der Waals surface area contributed by atoms with Crippen molar-refractivity contribution >= 4 is 0 Å². The second-order valence-electron chi connectivity index (χ2n) is 3.81. The fraction of sp³-hybridized carbons (Fsp3) is 0.556. The third kappa shape index (κ3) is 3.16. The lowest BCUT2D eigenvalue weighted by molar-refractivity contribution is -0.259. The number of ether oxygens (including phenoxy) is 1. The summed E-state index contributed by atoms with van der Waals surface area (Å²) in [6.45, 7) is 0.0808. The highest BCUT2D eigenvalue weighted by Gasteiger charge is 2.58. The summed E-state index contributed by atoms with van der Waals surface area (Å²) in [6, 6.07) is 0. The van der Waals surface area contributed by atoms with Crippen molar-refractivity contribution in [3.63, 3.8) is 0 Å². The van der Waals surface area contributed by atoms with Crippen molar-refractivity contribution in [2.24, 2.45) is 0 Å². The van der Waals surface area contributed by atoms with E-state index < -0.39 is 47.6 Å². The van der Waals surface area contributed by atoms with E-state index in [9.17, 15) is 39.5 Å². The zero-order valence-electron chi connectivity index (χ0n) is 8.96. The molecule has 0 amide bonds. The van der Waals surface area contributed by atoms with Gasteiger partial charge in [-0.25, -0.2) is 0 Å². The lowest BCUT2D eigenvalue weighted by Crippen LogP contribution is -2.46. The highest BCUT2D eigenvalue weighted by Crippen LogP contribution is 2.46. The number of hydrogen-bond acceptors (Lipinski definition) is 1. The molecule has 1 aliphatic rings. The normalized spacial score (nSPS) is 25.6. The second kappa shape index (κ2) is 4.07. The molecule has 19 heavy (non-hydrogen) atoms. The van der Waals surface area contributed by atoms with Crippen LogP contribution >= 0.6 is 0 Å². The van der Waals surface area contributed by atoms with Gasteiger partial charge < -0.3 is 4.74 Å². The van der Waals surface area contributed by atoms with Crippen LogP contribution < -0.4 is 0 Å². The molecular formula is C9H5F9O. The van der Waals surface area contributed by atoms with Crippen molar-refractivity contribution in [3.8, 4) is 0 Å². The summed E-state index contributed by atoms with van der Waals surface area (Å²) in [5, 5.41) is 0. The van der Waals surface area contributed by atoms with Crippen LogP contribution in [0, 0.1) is 0 Å². The molecule has 0 spiro atoms. The number of allylic oxidation sites excluding steroid dienone is 3. The molecule has 0 bridgehead atoms. The molecule has 0 aliphatic carbocycles. The lowest BCUT2D eigenvalue weighted by Gasteiger charge is -2.35. The summed E-state index contributed by atoms with van der Waals surface area (Å²) < 4.78 is 115. The topological polar surface area (TPSA) is 9.23 Å². The Morgan fingerprint density at radius 1 is 0.895 bits per heavy atom. The average molecular weight is 300 g/mol. The molecule has 1 aliphatic heterocycles. The van der Waals surface area contributed by atoms with Gasteiger partial charge in [-0.3, -0.25) is 0 Å². The summed E-state index contributed by atoms with van der Waals surface area (Å²) in [5.74, 6) is -2.35. The van der Waals surface area contributed by atoms with Gasteiger partial charge in [0.1, 0.15) is 0 Å². The first kappa shape index (κ1) is 15.7. The van der Waals surface area contributed by atoms with Crippen LogP contribution in [0.15, 0.2) is 23.5 Å². The highest BCUT2D eigenvalue weighted by molar-refractivity contribution is 5.35. The molecule has 0 aromatic rings. The van der Waals surface area contributed by atoms with Crippen molar-refractivity contribution in [2.45, 2.75) is 31.1 Å². The molecule has 0 aromatic carbocycles. The SMILES string of the molecule is CC1(C(F)(F)F)C=C(C(F)(F)F)C=C(C(F)(F)F)O1. The van der Waals surface area contributed by atoms with Crippen LogP contribution in [-0.4, -0.2) is 24.1 Å². The molecule has 1 heterocycles. The zero-order chi connectivity index (χ0) is 15.3. The van der Waals surface area contributed by atoms with E-state index in [4.69, 9.17) is 0 Å². The molecule has 1 unspecified atom stereocenters. The van der Waals surface area contributed by atoms with Crippen LogP contribution in [0.5, 0.6) is 0 Å². The summed E-state index contributed by atoms with van der Waals surface area (Å²) in [5.41, 5.74) is -5.76. The standard InChI is InChI=1S/C9H5F9O/c1-6(9(16,17)18)3-4(7(10,11)12)2-5(19-6)8(13,14)15/h2-3H,1H3. The summed E-state index contributed by atoms with van der Waals surface area (Å²) >= 11 is 0. The van der Waals surface area contributed by atoms with E-state index in [2.05, 4.69) is 4.74 Å². The van der Waals surface area contributed by atoms with E-state index >= 15 is 0 Å². The van der Waals surface area contributed by atoms with Crippen molar-refractivity contribution in [2.75, 3.05) is 0 Å². The minimum absolute atomic E-state index is 0.0808.